The van der Waals surface area contributed by atoms with Crippen LogP contribution in [0.2, 0.25) is 0 Å². The molecule has 0 bridgehead atoms. The van der Waals surface area contributed by atoms with Crippen molar-refractivity contribution >= 4 is 48.8 Å². The molecule has 0 aromatic carbocycles. The summed E-state index contributed by atoms with van der Waals surface area (Å²) < 4.78 is 32.5. The van der Waals surface area contributed by atoms with Crippen molar-refractivity contribution in [1.82, 2.24) is 24.2 Å². The minimum atomic E-state index is -3.83. The first-order chi connectivity index (χ1) is 10.1. The molecule has 3 heterocycles. The van der Waals surface area contributed by atoms with Gasteiger partial charge in [-0.25, -0.2) is 4.98 Å². The summed E-state index contributed by atoms with van der Waals surface area (Å²) in [6.07, 6.45) is 2.52. The van der Waals surface area contributed by atoms with Gasteiger partial charge in [0.1, 0.15) is 0 Å². The Morgan fingerprint density at radius 3 is 3.00 bits per heavy atom. The largest absolute Gasteiger partial charge is 0.368 e. The number of aromatic nitrogens is 5. The third kappa shape index (κ3) is 2.69. The molecule has 0 spiro atoms. The maximum Gasteiger partial charge on any atom is 0.283 e. The zero-order chi connectivity index (χ0) is 14.9. The molecule has 112 valence electrons. The number of nitrogens with zero attached hydrogens (tertiary/aromatic N) is 5. The maximum atomic E-state index is 12.6. The van der Waals surface area contributed by atoms with Gasteiger partial charge in [-0.1, -0.05) is 16.5 Å². The van der Waals surface area contributed by atoms with Crippen LogP contribution >= 0.6 is 22.9 Å². The van der Waals surface area contributed by atoms with Gasteiger partial charge in [-0.3, -0.25) is 9.12 Å². The highest BCUT2D eigenvalue weighted by Crippen LogP contribution is 2.27. The van der Waals surface area contributed by atoms with E-state index in [9.17, 15) is 8.42 Å². The van der Waals surface area contributed by atoms with E-state index in [0.29, 0.717) is 17.3 Å². The Labute approximate surface area is 128 Å². The highest BCUT2D eigenvalue weighted by molar-refractivity contribution is 7.93. The van der Waals surface area contributed by atoms with Crippen molar-refractivity contribution < 1.29 is 8.42 Å². The van der Waals surface area contributed by atoms with Gasteiger partial charge in [0, 0.05) is 29.7 Å². The predicted octanol–water partition coefficient (Wildman–Crippen LogP) is 1.26. The molecule has 0 radical (unpaired) electrons. The molecule has 9 nitrogen and oxygen atoms in total. The molecule has 0 atom stereocenters. The Kier molecular flexibility index (Phi) is 3.73. The molecule has 0 saturated heterocycles. The number of nitrogens with one attached hydrogen (secondary N) is 2. The van der Waals surface area contributed by atoms with Crippen LogP contribution in [0.4, 0.5) is 10.9 Å². The second-order valence-electron chi connectivity index (χ2n) is 4.02. The third-order valence-corrected chi connectivity index (χ3v) is 5.29. The first-order valence-corrected chi connectivity index (χ1v) is 9.12. The van der Waals surface area contributed by atoms with Gasteiger partial charge in [0.15, 0.2) is 10.8 Å². The van der Waals surface area contributed by atoms with Gasteiger partial charge in [-0.2, -0.15) is 8.42 Å². The number of hydrogen-bond donors (Lipinski definition) is 2. The Bertz CT molecular complexity index is 836. The molecule has 3 aromatic rings. The smallest absolute Gasteiger partial charge is 0.283 e. The van der Waals surface area contributed by atoms with E-state index in [1.807, 2.05) is 6.92 Å². The quantitative estimate of drug-likeness (QED) is 0.691. The van der Waals surface area contributed by atoms with Crippen LogP contribution in [-0.2, 0) is 10.0 Å². The monoisotopic (exact) mass is 345 g/mol. The standard InChI is InChI=1S/C9H11N7O2S3/c1-2-3-10-6-7(16-4-5-19-9(16)11-6)21(17,18)13-8-12-14-15-20-8/h4-5,10H,2-3H2,1H3,(H,12,13,15). The number of rotatable bonds is 6. The topological polar surface area (TPSA) is 114 Å². The normalized spacial score (nSPS) is 11.9. The molecule has 3 aromatic heterocycles. The highest BCUT2D eigenvalue weighted by atomic mass is 32.2. The molecule has 0 amide bonds. The molecule has 21 heavy (non-hydrogen) atoms. The number of thiazole rings is 1. The Morgan fingerprint density at radius 1 is 1.43 bits per heavy atom. The van der Waals surface area contributed by atoms with Crippen molar-refractivity contribution in [2.24, 2.45) is 0 Å². The van der Waals surface area contributed by atoms with E-state index in [2.05, 4.69) is 29.8 Å². The van der Waals surface area contributed by atoms with Gasteiger partial charge in [0.2, 0.25) is 10.2 Å². The molecule has 0 unspecified atom stereocenters. The first-order valence-electron chi connectivity index (χ1n) is 5.99. The highest BCUT2D eigenvalue weighted by Gasteiger charge is 2.27. The van der Waals surface area contributed by atoms with E-state index < -0.39 is 10.0 Å². The van der Waals surface area contributed by atoms with Crippen molar-refractivity contribution in [3.05, 3.63) is 11.6 Å². The van der Waals surface area contributed by atoms with Crippen LogP contribution in [-0.4, -0.2) is 39.1 Å². The van der Waals surface area contributed by atoms with Crippen LogP contribution < -0.4 is 10.0 Å². The van der Waals surface area contributed by atoms with Gasteiger partial charge in [-0.15, -0.1) is 11.3 Å². The van der Waals surface area contributed by atoms with E-state index >= 15 is 0 Å². The number of fused-ring (bicyclic) bond motifs is 1. The summed E-state index contributed by atoms with van der Waals surface area (Å²) in [6.45, 7) is 2.62. The van der Waals surface area contributed by atoms with Crippen LogP contribution in [0.15, 0.2) is 16.6 Å². The van der Waals surface area contributed by atoms with Gasteiger partial charge in [0.25, 0.3) is 10.0 Å². The van der Waals surface area contributed by atoms with Gasteiger partial charge < -0.3 is 5.32 Å². The van der Waals surface area contributed by atoms with Gasteiger partial charge in [0.05, 0.1) is 0 Å². The summed E-state index contributed by atoms with van der Waals surface area (Å²) in [7, 11) is -3.83. The molecule has 2 N–H and O–H groups in total. The van der Waals surface area contributed by atoms with Crippen molar-refractivity contribution in [3.63, 3.8) is 0 Å². The van der Waals surface area contributed by atoms with Crippen LogP contribution in [0.25, 0.3) is 4.96 Å². The summed E-state index contributed by atoms with van der Waals surface area (Å²) in [5.41, 5.74) is 0. The number of imidazole rings is 1. The fraction of sp³-hybridized carbons (Fsp3) is 0.333. The number of sulfonamides is 1. The van der Waals surface area contributed by atoms with E-state index in [4.69, 9.17) is 0 Å². The minimum absolute atomic E-state index is 0.0578. The lowest BCUT2D eigenvalue weighted by Crippen LogP contribution is -2.17. The zero-order valence-electron chi connectivity index (χ0n) is 10.8. The Balaban J connectivity index is 2.06. The van der Waals surface area contributed by atoms with Crippen molar-refractivity contribution in [3.8, 4) is 0 Å². The zero-order valence-corrected chi connectivity index (χ0v) is 13.3. The average molecular weight is 345 g/mol. The number of anilines is 2. The lowest BCUT2D eigenvalue weighted by Gasteiger charge is -2.07. The van der Waals surface area contributed by atoms with Crippen molar-refractivity contribution in [2.45, 2.75) is 18.4 Å². The van der Waals surface area contributed by atoms with E-state index in [-0.39, 0.29) is 10.2 Å². The average Bonchev–Trinajstić information content (AvgIpc) is 3.10. The van der Waals surface area contributed by atoms with Crippen LogP contribution in [0.3, 0.4) is 0 Å². The lowest BCUT2D eigenvalue weighted by molar-refractivity contribution is 0.597. The van der Waals surface area contributed by atoms with E-state index in [0.717, 1.165) is 18.0 Å². The summed E-state index contributed by atoms with van der Waals surface area (Å²) in [6, 6.07) is 0. The molecule has 0 aliphatic heterocycles. The molecule has 12 heteroatoms. The van der Waals surface area contributed by atoms with Crippen LogP contribution in [0.5, 0.6) is 0 Å². The van der Waals surface area contributed by atoms with Gasteiger partial charge in [-0.05, 0) is 11.6 Å². The second-order valence-corrected chi connectivity index (χ2v) is 7.22. The molecule has 0 saturated carbocycles. The molecular weight excluding hydrogens is 334 g/mol. The fourth-order valence-electron chi connectivity index (χ4n) is 1.72. The van der Waals surface area contributed by atoms with Crippen LogP contribution in [0.1, 0.15) is 13.3 Å². The molecule has 0 fully saturated rings. The Hall–Kier alpha value is -1.79. The van der Waals surface area contributed by atoms with Crippen LogP contribution in [0, 0.1) is 0 Å². The lowest BCUT2D eigenvalue weighted by atomic mass is 10.5. The summed E-state index contributed by atoms with van der Waals surface area (Å²) in [4.78, 5) is 4.91. The molecule has 3 rings (SSSR count). The number of hydrogen-bond acceptors (Lipinski definition) is 9. The summed E-state index contributed by atoms with van der Waals surface area (Å²) in [5.74, 6) is 0.327. The van der Waals surface area contributed by atoms with Gasteiger partial charge >= 0.3 is 0 Å². The fourth-order valence-corrected chi connectivity index (χ4v) is 4.34. The maximum absolute atomic E-state index is 12.6. The molecule has 0 aliphatic carbocycles. The van der Waals surface area contributed by atoms with Crippen molar-refractivity contribution in [1.29, 1.82) is 0 Å². The first kappa shape index (κ1) is 14.2. The predicted molar refractivity (Wildman–Crippen MR) is 80.4 cm³/mol. The SMILES string of the molecule is CCCNc1nc2sccn2c1S(=O)(=O)Nc1nnns1. The Morgan fingerprint density at radius 2 is 2.29 bits per heavy atom. The van der Waals surface area contributed by atoms with E-state index in [1.165, 1.54) is 15.7 Å². The summed E-state index contributed by atoms with van der Waals surface area (Å²) in [5, 5.41) is 11.9. The summed E-state index contributed by atoms with van der Waals surface area (Å²) >= 11 is 2.23. The van der Waals surface area contributed by atoms with E-state index in [1.54, 1.807) is 11.6 Å². The second kappa shape index (κ2) is 5.54. The third-order valence-electron chi connectivity index (χ3n) is 2.54. The molecule has 0 aliphatic rings. The minimum Gasteiger partial charge on any atom is -0.368 e. The molecular formula is C9H11N7O2S3. The van der Waals surface area contributed by atoms with Crippen molar-refractivity contribution in [2.75, 3.05) is 16.6 Å².